The molecular formula is C18H28N4O. The van der Waals surface area contributed by atoms with Gasteiger partial charge in [-0.3, -0.25) is 9.89 Å². The Balaban J connectivity index is 1.58. The normalized spacial score (nSPS) is 19.5. The number of fused-ring (bicyclic) bond motifs is 1. The standard InChI is InChI=1S/C18H28N4O/c1-2-19-18(20-8-10-21-11-13-23-14-12-21)22-9-7-16-5-3-4-6-17(16)15-22/h3-6H,2,7-15H2,1H3,(H,19,20). The van der Waals surface area contributed by atoms with Gasteiger partial charge >= 0.3 is 0 Å². The van der Waals surface area contributed by atoms with Crippen molar-refractivity contribution in [3.05, 3.63) is 35.4 Å². The lowest BCUT2D eigenvalue weighted by Crippen LogP contribution is -2.44. The molecule has 5 heteroatoms. The summed E-state index contributed by atoms with van der Waals surface area (Å²) in [6.45, 7) is 10.7. The van der Waals surface area contributed by atoms with Crippen LogP contribution in [0.25, 0.3) is 0 Å². The Bertz CT molecular complexity index is 526. The number of nitrogens with zero attached hydrogens (tertiary/aromatic N) is 3. The number of morpholine rings is 1. The molecule has 23 heavy (non-hydrogen) atoms. The van der Waals surface area contributed by atoms with Gasteiger partial charge in [0.25, 0.3) is 0 Å². The van der Waals surface area contributed by atoms with E-state index in [2.05, 4.69) is 46.3 Å². The topological polar surface area (TPSA) is 40.1 Å². The minimum absolute atomic E-state index is 0.848. The number of aliphatic imine (C=N–C) groups is 1. The molecule has 0 spiro atoms. The molecule has 0 radical (unpaired) electrons. The second-order valence-electron chi connectivity index (χ2n) is 6.13. The van der Waals surface area contributed by atoms with E-state index < -0.39 is 0 Å². The molecule has 0 saturated carbocycles. The summed E-state index contributed by atoms with van der Waals surface area (Å²) in [5.74, 6) is 1.05. The van der Waals surface area contributed by atoms with E-state index in [-0.39, 0.29) is 0 Å². The molecule has 1 saturated heterocycles. The third-order valence-electron chi connectivity index (χ3n) is 4.55. The highest BCUT2D eigenvalue weighted by Crippen LogP contribution is 2.18. The Labute approximate surface area is 139 Å². The molecule has 1 fully saturated rings. The maximum absolute atomic E-state index is 5.40. The van der Waals surface area contributed by atoms with Crippen molar-refractivity contribution in [3.63, 3.8) is 0 Å². The highest BCUT2D eigenvalue weighted by atomic mass is 16.5. The summed E-state index contributed by atoms with van der Waals surface area (Å²) in [5, 5.41) is 3.45. The zero-order valence-corrected chi connectivity index (χ0v) is 14.1. The van der Waals surface area contributed by atoms with Crippen molar-refractivity contribution in [3.8, 4) is 0 Å². The van der Waals surface area contributed by atoms with Crippen LogP contribution in [0, 0.1) is 0 Å². The Morgan fingerprint density at radius 1 is 1.17 bits per heavy atom. The number of ether oxygens (including phenoxy) is 1. The average Bonchev–Trinajstić information content (AvgIpc) is 2.61. The Morgan fingerprint density at radius 2 is 1.96 bits per heavy atom. The van der Waals surface area contributed by atoms with Gasteiger partial charge in [-0.15, -0.1) is 0 Å². The molecule has 2 aliphatic heterocycles. The van der Waals surface area contributed by atoms with Crippen molar-refractivity contribution in [1.82, 2.24) is 15.1 Å². The first kappa shape index (κ1) is 16.3. The summed E-state index contributed by atoms with van der Waals surface area (Å²) in [7, 11) is 0. The van der Waals surface area contributed by atoms with Crippen LogP contribution < -0.4 is 5.32 Å². The maximum atomic E-state index is 5.40. The van der Waals surface area contributed by atoms with Gasteiger partial charge in [0, 0.05) is 39.3 Å². The Kier molecular flexibility index (Phi) is 5.88. The molecule has 5 nitrogen and oxygen atoms in total. The van der Waals surface area contributed by atoms with E-state index in [4.69, 9.17) is 9.73 Å². The van der Waals surface area contributed by atoms with E-state index in [9.17, 15) is 0 Å². The van der Waals surface area contributed by atoms with E-state index in [1.165, 1.54) is 11.1 Å². The fraction of sp³-hybridized carbons (Fsp3) is 0.611. The van der Waals surface area contributed by atoms with Crippen LogP contribution in [-0.4, -0.2) is 68.2 Å². The first-order valence-corrected chi connectivity index (χ1v) is 8.77. The van der Waals surface area contributed by atoms with Crippen molar-refractivity contribution in [2.75, 3.05) is 52.5 Å². The van der Waals surface area contributed by atoms with Gasteiger partial charge < -0.3 is 15.0 Å². The van der Waals surface area contributed by atoms with E-state index in [1.807, 2.05) is 0 Å². The summed E-state index contributed by atoms with van der Waals surface area (Å²) >= 11 is 0. The first-order valence-electron chi connectivity index (χ1n) is 8.77. The third kappa shape index (κ3) is 4.45. The van der Waals surface area contributed by atoms with Gasteiger partial charge in [-0.25, -0.2) is 0 Å². The van der Waals surface area contributed by atoms with Gasteiger partial charge in [0.1, 0.15) is 0 Å². The summed E-state index contributed by atoms with van der Waals surface area (Å²) < 4.78 is 5.40. The van der Waals surface area contributed by atoms with Gasteiger partial charge in [-0.1, -0.05) is 24.3 Å². The van der Waals surface area contributed by atoms with Gasteiger partial charge in [-0.05, 0) is 24.5 Å². The first-order chi connectivity index (χ1) is 11.4. The molecule has 1 aromatic carbocycles. The summed E-state index contributed by atoms with van der Waals surface area (Å²) in [6.07, 6.45) is 1.10. The average molecular weight is 316 g/mol. The third-order valence-corrected chi connectivity index (χ3v) is 4.55. The summed E-state index contributed by atoms with van der Waals surface area (Å²) in [5.41, 5.74) is 2.91. The lowest BCUT2D eigenvalue weighted by Gasteiger charge is -2.32. The molecule has 2 aliphatic rings. The fourth-order valence-electron chi connectivity index (χ4n) is 3.22. The predicted molar refractivity (Wildman–Crippen MR) is 93.8 cm³/mol. The number of rotatable bonds is 4. The molecule has 0 unspecified atom stereocenters. The van der Waals surface area contributed by atoms with Crippen molar-refractivity contribution < 1.29 is 4.74 Å². The SMILES string of the molecule is CCNC(=NCCN1CCOCC1)N1CCc2ccccc2C1. The number of hydrogen-bond acceptors (Lipinski definition) is 3. The van der Waals surface area contributed by atoms with Gasteiger partial charge in [0.15, 0.2) is 5.96 Å². The van der Waals surface area contributed by atoms with Crippen molar-refractivity contribution >= 4 is 5.96 Å². The molecule has 1 aromatic rings. The Hall–Kier alpha value is -1.59. The van der Waals surface area contributed by atoms with Crippen LogP contribution >= 0.6 is 0 Å². The van der Waals surface area contributed by atoms with Crippen LogP contribution in [0.15, 0.2) is 29.3 Å². The van der Waals surface area contributed by atoms with Gasteiger partial charge in [-0.2, -0.15) is 0 Å². The predicted octanol–water partition coefficient (Wildman–Crippen LogP) is 1.34. The van der Waals surface area contributed by atoms with Crippen LogP contribution in [0.2, 0.25) is 0 Å². The van der Waals surface area contributed by atoms with E-state index in [1.54, 1.807) is 0 Å². The molecule has 0 atom stereocenters. The summed E-state index contributed by atoms with van der Waals surface area (Å²) in [4.78, 5) is 9.67. The smallest absolute Gasteiger partial charge is 0.194 e. The van der Waals surface area contributed by atoms with Gasteiger partial charge in [0.2, 0.25) is 0 Å². The number of benzene rings is 1. The molecule has 1 N–H and O–H groups in total. The van der Waals surface area contributed by atoms with Crippen LogP contribution in [-0.2, 0) is 17.7 Å². The lowest BCUT2D eigenvalue weighted by molar-refractivity contribution is 0.0394. The Morgan fingerprint density at radius 3 is 2.74 bits per heavy atom. The van der Waals surface area contributed by atoms with Gasteiger partial charge in [0.05, 0.1) is 19.8 Å². The number of hydrogen-bond donors (Lipinski definition) is 1. The quantitative estimate of drug-likeness (QED) is 0.672. The van der Waals surface area contributed by atoms with Crippen molar-refractivity contribution in [1.29, 1.82) is 0 Å². The summed E-state index contributed by atoms with van der Waals surface area (Å²) in [6, 6.07) is 8.74. The molecule has 3 rings (SSSR count). The van der Waals surface area contributed by atoms with Crippen LogP contribution in [0.3, 0.4) is 0 Å². The van der Waals surface area contributed by atoms with Crippen molar-refractivity contribution in [2.45, 2.75) is 19.9 Å². The van der Waals surface area contributed by atoms with E-state index >= 15 is 0 Å². The highest BCUT2D eigenvalue weighted by molar-refractivity contribution is 5.80. The molecule has 126 valence electrons. The van der Waals surface area contributed by atoms with Crippen LogP contribution in [0.4, 0.5) is 0 Å². The van der Waals surface area contributed by atoms with E-state index in [0.717, 1.165) is 71.4 Å². The minimum Gasteiger partial charge on any atom is -0.379 e. The van der Waals surface area contributed by atoms with Crippen molar-refractivity contribution in [2.24, 2.45) is 4.99 Å². The minimum atomic E-state index is 0.848. The molecule has 0 aliphatic carbocycles. The largest absolute Gasteiger partial charge is 0.379 e. The highest BCUT2D eigenvalue weighted by Gasteiger charge is 2.18. The van der Waals surface area contributed by atoms with Crippen LogP contribution in [0.5, 0.6) is 0 Å². The molecule has 0 aromatic heterocycles. The maximum Gasteiger partial charge on any atom is 0.194 e. The van der Waals surface area contributed by atoms with E-state index in [0.29, 0.717) is 0 Å². The molecule has 0 amide bonds. The van der Waals surface area contributed by atoms with Crippen LogP contribution in [0.1, 0.15) is 18.1 Å². The zero-order valence-electron chi connectivity index (χ0n) is 14.1. The lowest BCUT2D eigenvalue weighted by atomic mass is 10.0. The molecule has 2 heterocycles. The zero-order chi connectivity index (χ0) is 15.9. The second-order valence-corrected chi connectivity index (χ2v) is 6.13. The monoisotopic (exact) mass is 316 g/mol. The fourth-order valence-corrected chi connectivity index (χ4v) is 3.22. The number of guanidine groups is 1. The molecule has 0 bridgehead atoms. The molecular weight excluding hydrogens is 288 g/mol. The second kappa shape index (κ2) is 8.31. The number of nitrogens with one attached hydrogen (secondary N) is 1.